The van der Waals surface area contributed by atoms with Gasteiger partial charge in [0.05, 0.1) is 14.2 Å². The van der Waals surface area contributed by atoms with Crippen molar-refractivity contribution >= 4 is 23.3 Å². The molecule has 10 heteroatoms. The molecule has 0 aliphatic rings. The number of anilines is 1. The molecule has 0 aliphatic carbocycles. The molecule has 146 valence electrons. The summed E-state index contributed by atoms with van der Waals surface area (Å²) in [6.45, 7) is 3.15. The van der Waals surface area contributed by atoms with Gasteiger partial charge in [-0.3, -0.25) is 4.79 Å². The summed E-state index contributed by atoms with van der Waals surface area (Å²) in [5.41, 5.74) is 2.01. The van der Waals surface area contributed by atoms with E-state index >= 15 is 0 Å². The number of methoxy groups -OCH3 is 2. The van der Waals surface area contributed by atoms with Crippen LogP contribution in [-0.4, -0.2) is 52.3 Å². The first kappa shape index (κ1) is 19.1. The molecule has 0 radical (unpaired) electrons. The minimum Gasteiger partial charge on any atom is -0.493 e. The van der Waals surface area contributed by atoms with Crippen LogP contribution in [0.3, 0.4) is 0 Å². The lowest BCUT2D eigenvalue weighted by atomic mass is 10.2. The number of carbonyl (C=O) groups is 2. The molecule has 0 fully saturated rings. The third-order valence-corrected chi connectivity index (χ3v) is 3.80. The monoisotopic (exact) mass is 385 g/mol. The summed E-state index contributed by atoms with van der Waals surface area (Å²) < 4.78 is 16.7. The maximum absolute atomic E-state index is 12.1. The number of rotatable bonds is 6. The number of nitrogens with zero attached hydrogens (tertiary/aromatic N) is 4. The fraction of sp³-hybridized carbons (Fsp3) is 0.278. The van der Waals surface area contributed by atoms with E-state index in [-0.39, 0.29) is 5.82 Å². The Hall–Kier alpha value is -3.69. The summed E-state index contributed by atoms with van der Waals surface area (Å²) in [6.07, 6.45) is 0. The van der Waals surface area contributed by atoms with Gasteiger partial charge in [-0.1, -0.05) is 0 Å². The normalized spacial score (nSPS) is 10.6. The summed E-state index contributed by atoms with van der Waals surface area (Å²) in [7, 11) is 3.01. The number of benzene rings is 1. The van der Waals surface area contributed by atoms with E-state index in [2.05, 4.69) is 20.4 Å². The van der Waals surface area contributed by atoms with Crippen LogP contribution in [0.5, 0.6) is 11.5 Å². The van der Waals surface area contributed by atoms with E-state index in [1.54, 1.807) is 18.2 Å². The highest BCUT2D eigenvalue weighted by molar-refractivity contribution is 5.94. The molecule has 0 atom stereocenters. The first-order valence-electron chi connectivity index (χ1n) is 8.31. The molecule has 2 heterocycles. The number of nitrogens with one attached hydrogen (secondary N) is 1. The van der Waals surface area contributed by atoms with E-state index in [4.69, 9.17) is 14.2 Å². The highest BCUT2D eigenvalue weighted by atomic mass is 16.5. The number of carbonyl (C=O) groups excluding carboxylic acids is 2. The van der Waals surface area contributed by atoms with Gasteiger partial charge >= 0.3 is 5.97 Å². The molecule has 0 unspecified atom stereocenters. The summed E-state index contributed by atoms with van der Waals surface area (Å²) >= 11 is 0. The highest BCUT2D eigenvalue weighted by Gasteiger charge is 2.18. The fourth-order valence-electron chi connectivity index (χ4n) is 2.56. The third-order valence-electron chi connectivity index (χ3n) is 3.80. The Morgan fingerprint density at radius 3 is 2.54 bits per heavy atom. The first-order valence-corrected chi connectivity index (χ1v) is 8.31. The van der Waals surface area contributed by atoms with Crippen LogP contribution < -0.4 is 14.8 Å². The molecule has 0 saturated carbocycles. The third kappa shape index (κ3) is 4.00. The van der Waals surface area contributed by atoms with Gasteiger partial charge in [-0.05, 0) is 32.0 Å². The lowest BCUT2D eigenvalue weighted by Crippen LogP contribution is -2.21. The van der Waals surface area contributed by atoms with Gasteiger partial charge in [-0.25, -0.2) is 14.3 Å². The Morgan fingerprint density at radius 2 is 1.82 bits per heavy atom. The van der Waals surface area contributed by atoms with Crippen molar-refractivity contribution < 1.29 is 23.8 Å². The van der Waals surface area contributed by atoms with Crippen molar-refractivity contribution in [3.05, 3.63) is 41.5 Å². The fourth-order valence-corrected chi connectivity index (χ4v) is 2.56. The highest BCUT2D eigenvalue weighted by Crippen LogP contribution is 2.29. The Morgan fingerprint density at radius 1 is 1.07 bits per heavy atom. The molecule has 10 nitrogen and oxygen atoms in total. The predicted molar refractivity (Wildman–Crippen MR) is 98.7 cm³/mol. The average Bonchev–Trinajstić information content (AvgIpc) is 3.10. The van der Waals surface area contributed by atoms with E-state index in [0.717, 1.165) is 11.4 Å². The average molecular weight is 385 g/mol. The smallest absolute Gasteiger partial charge is 0.378 e. The van der Waals surface area contributed by atoms with Gasteiger partial charge in [0, 0.05) is 23.1 Å². The molecule has 0 bridgehead atoms. The summed E-state index contributed by atoms with van der Waals surface area (Å²) in [4.78, 5) is 32.4. The zero-order valence-corrected chi connectivity index (χ0v) is 15.8. The van der Waals surface area contributed by atoms with E-state index < -0.39 is 18.5 Å². The number of hydrogen-bond donors (Lipinski definition) is 1. The second-order valence-electron chi connectivity index (χ2n) is 5.88. The molecule has 0 spiro atoms. The van der Waals surface area contributed by atoms with E-state index in [9.17, 15) is 9.59 Å². The van der Waals surface area contributed by atoms with Crippen LogP contribution in [0.4, 0.5) is 5.69 Å². The first-order chi connectivity index (χ1) is 13.4. The summed E-state index contributed by atoms with van der Waals surface area (Å²) in [5, 5.41) is 6.67. The predicted octanol–water partition coefficient (Wildman–Crippen LogP) is 1.55. The number of fused-ring (bicyclic) bond motifs is 1. The molecule has 28 heavy (non-hydrogen) atoms. The molecule has 3 aromatic rings. The van der Waals surface area contributed by atoms with Crippen molar-refractivity contribution in [3.63, 3.8) is 0 Å². The van der Waals surface area contributed by atoms with Gasteiger partial charge in [0.25, 0.3) is 17.5 Å². The van der Waals surface area contributed by atoms with Gasteiger partial charge in [-0.15, -0.1) is 5.10 Å². The van der Waals surface area contributed by atoms with Crippen LogP contribution in [-0.2, 0) is 9.53 Å². The van der Waals surface area contributed by atoms with Gasteiger partial charge in [-0.2, -0.15) is 4.98 Å². The Balaban J connectivity index is 1.63. The number of aromatic nitrogens is 4. The molecule has 3 rings (SSSR count). The lowest BCUT2D eigenvalue weighted by Gasteiger charge is -2.10. The maximum atomic E-state index is 12.1. The van der Waals surface area contributed by atoms with Crippen LogP contribution in [0.15, 0.2) is 24.3 Å². The summed E-state index contributed by atoms with van der Waals surface area (Å²) in [5.74, 6) is -0.216. The zero-order chi connectivity index (χ0) is 20.3. The Kier molecular flexibility index (Phi) is 5.39. The Bertz CT molecular complexity index is 1050. The van der Waals surface area contributed by atoms with Gasteiger partial charge in [0.15, 0.2) is 18.1 Å². The van der Waals surface area contributed by atoms with Crippen molar-refractivity contribution in [1.82, 2.24) is 19.6 Å². The number of esters is 1. The minimum atomic E-state index is -0.815. The quantitative estimate of drug-likeness (QED) is 0.635. The van der Waals surface area contributed by atoms with Crippen molar-refractivity contribution in [2.45, 2.75) is 13.8 Å². The van der Waals surface area contributed by atoms with Crippen LogP contribution in [0, 0.1) is 13.8 Å². The lowest BCUT2D eigenvalue weighted by molar-refractivity contribution is -0.119. The van der Waals surface area contributed by atoms with Crippen LogP contribution in [0.25, 0.3) is 5.78 Å². The molecule has 1 amide bonds. The number of ether oxygens (including phenoxy) is 3. The largest absolute Gasteiger partial charge is 0.493 e. The van der Waals surface area contributed by atoms with Gasteiger partial charge < -0.3 is 19.5 Å². The molecule has 1 aromatic carbocycles. The maximum Gasteiger partial charge on any atom is 0.378 e. The molecule has 0 aliphatic heterocycles. The van der Waals surface area contributed by atoms with Gasteiger partial charge in [0.1, 0.15) is 0 Å². The van der Waals surface area contributed by atoms with E-state index in [0.29, 0.717) is 23.0 Å². The molecule has 0 saturated heterocycles. The second kappa shape index (κ2) is 7.91. The number of aryl methyl sites for hydroxylation is 2. The molecular weight excluding hydrogens is 366 g/mol. The SMILES string of the molecule is COc1ccc(NC(=O)COC(=O)c2nc3nc(C)cc(C)n3n2)cc1OC. The van der Waals surface area contributed by atoms with Crippen LogP contribution >= 0.6 is 0 Å². The van der Waals surface area contributed by atoms with Crippen LogP contribution in [0.2, 0.25) is 0 Å². The number of amides is 1. The molecular formula is C18H19N5O5. The van der Waals surface area contributed by atoms with E-state index in [1.807, 2.05) is 19.9 Å². The topological polar surface area (TPSA) is 117 Å². The zero-order valence-electron chi connectivity index (χ0n) is 15.8. The van der Waals surface area contributed by atoms with Gasteiger partial charge in [0.2, 0.25) is 0 Å². The van der Waals surface area contributed by atoms with Crippen molar-refractivity contribution in [1.29, 1.82) is 0 Å². The summed E-state index contributed by atoms with van der Waals surface area (Å²) in [6, 6.07) is 6.70. The molecule has 2 aromatic heterocycles. The van der Waals surface area contributed by atoms with Crippen LogP contribution in [0.1, 0.15) is 22.0 Å². The van der Waals surface area contributed by atoms with Crippen molar-refractivity contribution in [2.24, 2.45) is 0 Å². The second-order valence-corrected chi connectivity index (χ2v) is 5.88. The molecule has 1 N–H and O–H groups in total. The number of hydrogen-bond acceptors (Lipinski definition) is 8. The Labute approximate surface area is 160 Å². The van der Waals surface area contributed by atoms with Crippen molar-refractivity contribution in [3.8, 4) is 11.5 Å². The standard InChI is InChI=1S/C18H19N5O5/c1-10-7-11(2)23-18(19-10)21-16(22-23)17(25)28-9-15(24)20-12-5-6-13(26-3)14(8-12)27-4/h5-8H,9H2,1-4H3,(H,20,24). The minimum absolute atomic E-state index is 0.167. The van der Waals surface area contributed by atoms with Crippen molar-refractivity contribution in [2.75, 3.05) is 26.1 Å². The van der Waals surface area contributed by atoms with E-state index in [1.165, 1.54) is 18.7 Å².